The molecular formula is C28H39ClO8. The van der Waals surface area contributed by atoms with E-state index in [0.717, 1.165) is 5.57 Å². The van der Waals surface area contributed by atoms with Gasteiger partial charge in [-0.15, -0.1) is 11.6 Å². The smallest absolute Gasteiger partial charge is 0.306 e. The van der Waals surface area contributed by atoms with Crippen molar-refractivity contribution >= 4 is 35.1 Å². The zero-order valence-corrected chi connectivity index (χ0v) is 23.0. The number of Topliss-reactive ketones (excluding diaryl/α,β-unsaturated/α-hetero) is 1. The first kappa shape index (κ1) is 29.5. The minimum Gasteiger partial charge on any atom is -0.457 e. The van der Waals surface area contributed by atoms with E-state index in [4.69, 9.17) is 21.1 Å². The van der Waals surface area contributed by atoms with Crippen molar-refractivity contribution in [1.29, 1.82) is 0 Å². The van der Waals surface area contributed by atoms with Gasteiger partial charge in [-0.1, -0.05) is 46.3 Å². The number of fused-ring (bicyclic) bond motifs is 5. The molecule has 4 unspecified atom stereocenters. The summed E-state index contributed by atoms with van der Waals surface area (Å²) in [5, 5.41) is 11.8. The molecule has 8 atom stereocenters. The maximum atomic E-state index is 13.9. The molecule has 8 nitrogen and oxygen atoms in total. The van der Waals surface area contributed by atoms with Crippen molar-refractivity contribution in [2.45, 2.75) is 89.7 Å². The molecule has 4 rings (SSSR count). The summed E-state index contributed by atoms with van der Waals surface area (Å²) in [5.74, 6) is -2.24. The lowest BCUT2D eigenvalue weighted by Crippen LogP contribution is -2.69. The third-order valence-electron chi connectivity index (χ3n) is 9.81. The van der Waals surface area contributed by atoms with Gasteiger partial charge in [0.25, 0.3) is 0 Å². The maximum Gasteiger partial charge on any atom is 0.306 e. The number of alkyl halides is 1. The number of halogens is 1. The number of aliphatic hydroxyl groups excluding tert-OH is 1. The second kappa shape index (κ2) is 9.93. The first-order chi connectivity index (χ1) is 16.8. The van der Waals surface area contributed by atoms with Crippen molar-refractivity contribution in [1.82, 2.24) is 0 Å². The predicted octanol–water partition coefficient (Wildman–Crippen LogP) is 3.26. The number of ether oxygens (including phenoxy) is 2. The molecule has 206 valence electrons. The highest BCUT2D eigenvalue weighted by molar-refractivity contribution is 6.26. The van der Waals surface area contributed by atoms with Crippen LogP contribution in [0.5, 0.6) is 0 Å². The van der Waals surface area contributed by atoms with Crippen LogP contribution in [-0.2, 0) is 28.7 Å². The summed E-state index contributed by atoms with van der Waals surface area (Å²) in [6.07, 6.45) is 6.18. The van der Waals surface area contributed by atoms with Crippen molar-refractivity contribution in [2.75, 3.05) is 6.61 Å². The van der Waals surface area contributed by atoms with Gasteiger partial charge in [0.15, 0.2) is 18.0 Å². The lowest BCUT2D eigenvalue weighted by Gasteiger charge is -2.64. The first-order valence-corrected chi connectivity index (χ1v) is 13.4. The number of carbonyl (C=O) groups is 4. The van der Waals surface area contributed by atoms with Gasteiger partial charge in [-0.3, -0.25) is 19.2 Å². The molecule has 0 bridgehead atoms. The molecule has 0 amide bonds. The van der Waals surface area contributed by atoms with Gasteiger partial charge in [-0.05, 0) is 49.7 Å². The van der Waals surface area contributed by atoms with E-state index in [2.05, 4.69) is 0 Å². The Kier molecular flexibility index (Phi) is 7.93. The number of aliphatic hydroxyl groups is 1. The number of esters is 2. The molecule has 37 heavy (non-hydrogen) atoms. The average molecular weight is 539 g/mol. The number of allylic oxidation sites excluding steroid dienone is 4. The van der Waals surface area contributed by atoms with E-state index >= 15 is 0 Å². The van der Waals surface area contributed by atoms with Crippen LogP contribution in [0, 0.1) is 28.6 Å². The summed E-state index contributed by atoms with van der Waals surface area (Å²) >= 11 is 7.48. The van der Waals surface area contributed by atoms with Crippen LogP contribution in [0.15, 0.2) is 23.8 Å². The van der Waals surface area contributed by atoms with Crippen LogP contribution in [0.1, 0.15) is 73.1 Å². The topological polar surface area (TPSA) is 138 Å². The van der Waals surface area contributed by atoms with Crippen molar-refractivity contribution in [3.05, 3.63) is 23.8 Å². The van der Waals surface area contributed by atoms with Gasteiger partial charge in [0.2, 0.25) is 5.78 Å². The molecule has 0 aromatic heterocycles. The molecule has 0 heterocycles. The van der Waals surface area contributed by atoms with Crippen LogP contribution in [0.3, 0.4) is 0 Å². The Labute approximate surface area is 223 Å². The molecule has 4 aliphatic carbocycles. The minimum absolute atomic E-state index is 0. The zero-order chi connectivity index (χ0) is 26.7. The first-order valence-electron chi connectivity index (χ1n) is 13.0. The number of carbonyl (C=O) groups excluding carboxylic acids is 4. The van der Waals surface area contributed by atoms with Gasteiger partial charge >= 0.3 is 11.9 Å². The molecule has 3 fully saturated rings. The van der Waals surface area contributed by atoms with Crippen LogP contribution < -0.4 is 0 Å². The summed E-state index contributed by atoms with van der Waals surface area (Å²) in [7, 11) is 0. The number of rotatable bonds is 6. The molecule has 3 saturated carbocycles. The molecule has 0 aromatic rings. The predicted molar refractivity (Wildman–Crippen MR) is 137 cm³/mol. The highest BCUT2D eigenvalue weighted by atomic mass is 35.5. The molecule has 0 aromatic carbocycles. The van der Waals surface area contributed by atoms with E-state index in [1.165, 1.54) is 6.08 Å². The van der Waals surface area contributed by atoms with Crippen LogP contribution >= 0.6 is 11.6 Å². The Bertz CT molecular complexity index is 1050. The van der Waals surface area contributed by atoms with Gasteiger partial charge in [-0.25, -0.2) is 0 Å². The van der Waals surface area contributed by atoms with Crippen LogP contribution in [0.25, 0.3) is 0 Å². The molecule has 0 radical (unpaired) electrons. The summed E-state index contributed by atoms with van der Waals surface area (Å²) in [6.45, 7) is 8.61. The Hall–Kier alpha value is -2.03. The number of hydrogen-bond donors (Lipinski definition) is 1. The fourth-order valence-corrected chi connectivity index (χ4v) is 8.53. The fourth-order valence-electron chi connectivity index (χ4n) is 8.01. The maximum absolute atomic E-state index is 13.9. The van der Waals surface area contributed by atoms with Crippen LogP contribution in [0.2, 0.25) is 0 Å². The quantitative estimate of drug-likeness (QED) is 0.404. The van der Waals surface area contributed by atoms with Crippen LogP contribution in [0.4, 0.5) is 0 Å². The molecule has 0 aliphatic heterocycles. The van der Waals surface area contributed by atoms with E-state index < -0.39 is 51.7 Å². The third kappa shape index (κ3) is 3.93. The third-order valence-corrected chi connectivity index (χ3v) is 10.7. The average Bonchev–Trinajstić information content (AvgIpc) is 3.05. The standard InChI is InChI=1S/C28H37ClO7.H2O/c1-6-23(33)35-15-22(32)28(36-24(34)7-2)16(3)12-20-19-9-8-17-13-18(30)10-11-25(17,4)27(19,29)21(31)14-26(20,28)5;/h10-11,13,16,19-21,31H,6-9,12,14-15H2,1-5H3;1H2/t16?,19?,20?,21?,25-,26-,27-,28-;/m0./s1. The highest BCUT2D eigenvalue weighted by Gasteiger charge is 2.76. The van der Waals surface area contributed by atoms with Crippen molar-refractivity contribution in [2.24, 2.45) is 28.6 Å². The van der Waals surface area contributed by atoms with Crippen molar-refractivity contribution in [3.63, 3.8) is 0 Å². The largest absolute Gasteiger partial charge is 0.457 e. The number of hydrogen-bond acceptors (Lipinski definition) is 7. The molecule has 4 aliphatic rings. The number of ketones is 2. The van der Waals surface area contributed by atoms with E-state index in [9.17, 15) is 24.3 Å². The molecule has 0 saturated heterocycles. The summed E-state index contributed by atoms with van der Waals surface area (Å²) < 4.78 is 11.3. The van der Waals surface area contributed by atoms with E-state index in [0.29, 0.717) is 19.3 Å². The van der Waals surface area contributed by atoms with Gasteiger partial charge in [-0.2, -0.15) is 0 Å². The van der Waals surface area contributed by atoms with Crippen LogP contribution in [-0.4, -0.2) is 57.3 Å². The fraction of sp³-hybridized carbons (Fsp3) is 0.714. The summed E-state index contributed by atoms with van der Waals surface area (Å²) in [6, 6.07) is 0. The normalized spacial score (nSPS) is 41.9. The van der Waals surface area contributed by atoms with Gasteiger partial charge in [0.05, 0.1) is 11.0 Å². The molecular weight excluding hydrogens is 500 g/mol. The van der Waals surface area contributed by atoms with E-state index in [1.54, 1.807) is 19.9 Å². The lowest BCUT2D eigenvalue weighted by atomic mass is 9.45. The Balaban J connectivity index is 0.00000380. The second-order valence-corrected chi connectivity index (χ2v) is 12.0. The SMILES string of the molecule is CCC(=O)OCC(=O)[C@@]1(OC(=O)CC)C(C)CC2C3CCC4=CC(=O)C=C[C@]4(C)[C@@]3(Cl)C(O)C[C@@]21C.O. The Morgan fingerprint density at radius 1 is 1.14 bits per heavy atom. The van der Waals surface area contributed by atoms with E-state index in [-0.39, 0.29) is 48.3 Å². The monoisotopic (exact) mass is 538 g/mol. The lowest BCUT2D eigenvalue weighted by molar-refractivity contribution is -0.203. The zero-order valence-electron chi connectivity index (χ0n) is 22.3. The second-order valence-electron chi connectivity index (χ2n) is 11.4. The van der Waals surface area contributed by atoms with Crippen molar-refractivity contribution in [3.8, 4) is 0 Å². The molecule has 9 heteroatoms. The minimum atomic E-state index is -1.55. The summed E-state index contributed by atoms with van der Waals surface area (Å²) in [5.41, 5.74) is -2.27. The molecule has 3 N–H and O–H groups in total. The van der Waals surface area contributed by atoms with Gasteiger partial charge in [0.1, 0.15) is 0 Å². The molecule has 0 spiro atoms. The van der Waals surface area contributed by atoms with E-state index in [1.807, 2.05) is 26.8 Å². The van der Waals surface area contributed by atoms with Gasteiger partial charge in [0, 0.05) is 29.6 Å². The Morgan fingerprint density at radius 3 is 2.41 bits per heavy atom. The van der Waals surface area contributed by atoms with Crippen molar-refractivity contribution < 1.29 is 39.2 Å². The summed E-state index contributed by atoms with van der Waals surface area (Å²) in [4.78, 5) is 49.5. The highest BCUT2D eigenvalue weighted by Crippen LogP contribution is 2.72. The Morgan fingerprint density at radius 2 is 1.78 bits per heavy atom. The van der Waals surface area contributed by atoms with Gasteiger partial charge < -0.3 is 20.1 Å².